The Labute approximate surface area is 128 Å². The van der Waals surface area contributed by atoms with Crippen molar-refractivity contribution in [1.82, 2.24) is 0 Å². The molecule has 2 aromatic rings. The fraction of sp³-hybridized carbons (Fsp3) is 0.143. The highest BCUT2D eigenvalue weighted by Gasteiger charge is 2.21. The summed E-state index contributed by atoms with van der Waals surface area (Å²) in [7, 11) is 0. The molecule has 3 rings (SSSR count). The molecular formula is C14H12BrIN2. The van der Waals surface area contributed by atoms with E-state index in [4.69, 9.17) is 5.73 Å². The van der Waals surface area contributed by atoms with Crippen molar-refractivity contribution in [2.45, 2.75) is 13.1 Å². The Hall–Kier alpha value is -0.750. The van der Waals surface area contributed by atoms with E-state index in [1.165, 1.54) is 20.4 Å². The summed E-state index contributed by atoms with van der Waals surface area (Å²) in [5, 5.41) is 0. The van der Waals surface area contributed by atoms with E-state index in [-0.39, 0.29) is 0 Å². The summed E-state index contributed by atoms with van der Waals surface area (Å²) >= 11 is 5.88. The molecule has 0 atom stereocenters. The van der Waals surface area contributed by atoms with Crippen LogP contribution in [0.2, 0.25) is 0 Å². The van der Waals surface area contributed by atoms with Gasteiger partial charge in [0.25, 0.3) is 0 Å². The zero-order valence-electron chi connectivity index (χ0n) is 9.66. The number of benzene rings is 2. The molecule has 0 aliphatic carbocycles. The second-order valence-electron chi connectivity index (χ2n) is 4.44. The van der Waals surface area contributed by atoms with Crippen LogP contribution >= 0.6 is 38.5 Å². The monoisotopic (exact) mass is 414 g/mol. The van der Waals surface area contributed by atoms with Crippen molar-refractivity contribution in [3.05, 3.63) is 55.6 Å². The largest absolute Gasteiger partial charge is 0.398 e. The third kappa shape index (κ3) is 2.12. The van der Waals surface area contributed by atoms with Crippen molar-refractivity contribution in [3.8, 4) is 0 Å². The summed E-state index contributed by atoms with van der Waals surface area (Å²) in [5.41, 5.74) is 10.8. The van der Waals surface area contributed by atoms with E-state index in [0.29, 0.717) is 0 Å². The van der Waals surface area contributed by atoms with Gasteiger partial charge in [-0.05, 0) is 73.9 Å². The average Bonchev–Trinajstić information content (AvgIpc) is 2.78. The summed E-state index contributed by atoms with van der Waals surface area (Å²) in [4.78, 5) is 2.36. The molecule has 92 valence electrons. The van der Waals surface area contributed by atoms with E-state index >= 15 is 0 Å². The van der Waals surface area contributed by atoms with Crippen molar-refractivity contribution in [3.63, 3.8) is 0 Å². The molecule has 2 nitrogen and oxygen atoms in total. The lowest BCUT2D eigenvalue weighted by atomic mass is 10.1. The molecule has 0 spiro atoms. The summed E-state index contributed by atoms with van der Waals surface area (Å²) in [6.07, 6.45) is 0. The molecule has 0 bridgehead atoms. The second kappa shape index (κ2) is 4.74. The molecule has 0 aromatic heterocycles. The van der Waals surface area contributed by atoms with Crippen molar-refractivity contribution in [1.29, 1.82) is 0 Å². The first kappa shape index (κ1) is 12.3. The van der Waals surface area contributed by atoms with Gasteiger partial charge >= 0.3 is 0 Å². The van der Waals surface area contributed by atoms with Crippen LogP contribution in [0.4, 0.5) is 11.4 Å². The molecule has 18 heavy (non-hydrogen) atoms. The van der Waals surface area contributed by atoms with Crippen LogP contribution in [-0.2, 0) is 13.1 Å². The molecule has 4 heteroatoms. The quantitative estimate of drug-likeness (QED) is 0.560. The van der Waals surface area contributed by atoms with Crippen LogP contribution in [0.15, 0.2) is 40.9 Å². The predicted octanol–water partition coefficient (Wildman–Crippen LogP) is 4.16. The summed E-state index contributed by atoms with van der Waals surface area (Å²) < 4.78 is 2.37. The van der Waals surface area contributed by atoms with Gasteiger partial charge in [0, 0.05) is 32.5 Å². The lowest BCUT2D eigenvalue weighted by Crippen LogP contribution is -2.14. The van der Waals surface area contributed by atoms with Gasteiger partial charge in [0.2, 0.25) is 0 Å². The first-order valence-electron chi connectivity index (χ1n) is 5.71. The normalized spacial score (nSPS) is 13.8. The van der Waals surface area contributed by atoms with Gasteiger partial charge in [-0.15, -0.1) is 0 Å². The van der Waals surface area contributed by atoms with Crippen LogP contribution in [0.3, 0.4) is 0 Å². The lowest BCUT2D eigenvalue weighted by molar-refractivity contribution is 0.880. The molecule has 0 saturated carbocycles. The van der Waals surface area contributed by atoms with Crippen molar-refractivity contribution in [2.24, 2.45) is 0 Å². The molecule has 1 heterocycles. The highest BCUT2D eigenvalue weighted by atomic mass is 127. The van der Waals surface area contributed by atoms with Gasteiger partial charge in [0.1, 0.15) is 0 Å². The van der Waals surface area contributed by atoms with Crippen LogP contribution in [-0.4, -0.2) is 0 Å². The molecule has 1 aliphatic rings. The summed E-state index contributed by atoms with van der Waals surface area (Å²) in [6.45, 7) is 1.85. The highest BCUT2D eigenvalue weighted by Crippen LogP contribution is 2.33. The molecule has 0 saturated heterocycles. The fourth-order valence-electron chi connectivity index (χ4n) is 2.31. The fourth-order valence-corrected chi connectivity index (χ4v) is 3.06. The summed E-state index contributed by atoms with van der Waals surface area (Å²) in [6, 6.07) is 12.6. The van der Waals surface area contributed by atoms with Gasteiger partial charge in [0.05, 0.1) is 0 Å². The van der Waals surface area contributed by atoms with Gasteiger partial charge in [-0.2, -0.15) is 0 Å². The predicted molar refractivity (Wildman–Crippen MR) is 87.6 cm³/mol. The Morgan fingerprint density at radius 1 is 1.17 bits per heavy atom. The van der Waals surface area contributed by atoms with Crippen LogP contribution in [0.5, 0.6) is 0 Å². The summed E-state index contributed by atoms with van der Waals surface area (Å²) in [5.74, 6) is 0. The Morgan fingerprint density at radius 2 is 2.00 bits per heavy atom. The van der Waals surface area contributed by atoms with E-state index in [1.54, 1.807) is 0 Å². The standard InChI is InChI=1S/C14H12BrIN2/c15-12-5-4-10(6-13(12)16)18-7-9-2-1-3-14(17)11(9)8-18/h1-6H,7-8,17H2. The first-order chi connectivity index (χ1) is 8.65. The van der Waals surface area contributed by atoms with Crippen molar-refractivity contribution >= 4 is 49.9 Å². The molecule has 0 unspecified atom stereocenters. The molecule has 2 aromatic carbocycles. The Morgan fingerprint density at radius 3 is 2.72 bits per heavy atom. The van der Waals surface area contributed by atoms with Crippen molar-refractivity contribution < 1.29 is 0 Å². The Bertz CT molecular complexity index is 613. The number of hydrogen-bond acceptors (Lipinski definition) is 2. The van der Waals surface area contributed by atoms with Crippen LogP contribution in [0.25, 0.3) is 0 Å². The third-order valence-electron chi connectivity index (χ3n) is 3.29. The Kier molecular flexibility index (Phi) is 3.23. The van der Waals surface area contributed by atoms with Gasteiger partial charge in [-0.3, -0.25) is 0 Å². The zero-order chi connectivity index (χ0) is 12.7. The molecule has 0 amide bonds. The van der Waals surface area contributed by atoms with E-state index < -0.39 is 0 Å². The van der Waals surface area contributed by atoms with Gasteiger partial charge in [-0.1, -0.05) is 12.1 Å². The van der Waals surface area contributed by atoms with Crippen molar-refractivity contribution in [2.75, 3.05) is 10.6 Å². The minimum absolute atomic E-state index is 0.902. The topological polar surface area (TPSA) is 29.3 Å². The van der Waals surface area contributed by atoms with E-state index in [0.717, 1.165) is 23.2 Å². The maximum atomic E-state index is 6.03. The minimum atomic E-state index is 0.902. The average molecular weight is 415 g/mol. The first-order valence-corrected chi connectivity index (χ1v) is 7.58. The number of nitrogens with two attached hydrogens (primary N) is 1. The van der Waals surface area contributed by atoms with Gasteiger partial charge < -0.3 is 10.6 Å². The van der Waals surface area contributed by atoms with E-state index in [1.807, 2.05) is 12.1 Å². The number of fused-ring (bicyclic) bond motifs is 1. The number of hydrogen-bond donors (Lipinski definition) is 1. The minimum Gasteiger partial charge on any atom is -0.398 e. The lowest BCUT2D eigenvalue weighted by Gasteiger charge is -2.18. The van der Waals surface area contributed by atoms with E-state index in [9.17, 15) is 0 Å². The maximum Gasteiger partial charge on any atom is 0.0457 e. The zero-order valence-corrected chi connectivity index (χ0v) is 13.4. The third-order valence-corrected chi connectivity index (χ3v) is 5.61. The molecule has 2 N–H and O–H groups in total. The Balaban J connectivity index is 1.94. The molecule has 0 radical (unpaired) electrons. The van der Waals surface area contributed by atoms with Crippen LogP contribution < -0.4 is 10.6 Å². The number of halogens is 2. The van der Waals surface area contributed by atoms with E-state index in [2.05, 4.69) is 67.7 Å². The van der Waals surface area contributed by atoms with Crippen LogP contribution in [0.1, 0.15) is 11.1 Å². The smallest absolute Gasteiger partial charge is 0.0457 e. The second-order valence-corrected chi connectivity index (χ2v) is 6.46. The molecule has 0 fully saturated rings. The van der Waals surface area contributed by atoms with Gasteiger partial charge in [0.15, 0.2) is 0 Å². The maximum absolute atomic E-state index is 6.03. The number of anilines is 2. The molecular weight excluding hydrogens is 403 g/mol. The number of nitrogen functional groups attached to an aromatic ring is 1. The molecule has 1 aliphatic heterocycles. The van der Waals surface area contributed by atoms with Gasteiger partial charge in [-0.25, -0.2) is 0 Å². The number of nitrogens with zero attached hydrogens (tertiary/aromatic N) is 1. The van der Waals surface area contributed by atoms with Crippen LogP contribution in [0, 0.1) is 3.57 Å². The SMILES string of the molecule is Nc1cccc2c1CN(c1ccc(Br)c(I)c1)C2. The highest BCUT2D eigenvalue weighted by molar-refractivity contribution is 14.1. The number of rotatable bonds is 1.